The molecule has 1 N–H and O–H groups in total. The van der Waals surface area contributed by atoms with Crippen molar-refractivity contribution in [1.82, 2.24) is 15.1 Å². The topological polar surface area (TPSA) is 29.9 Å². The summed E-state index contributed by atoms with van der Waals surface area (Å²) in [7, 11) is 0. The van der Waals surface area contributed by atoms with Gasteiger partial charge in [-0.3, -0.25) is 0 Å². The van der Waals surface area contributed by atoms with E-state index in [1.807, 2.05) is 12.3 Å². The Kier molecular flexibility index (Phi) is 3.88. The van der Waals surface area contributed by atoms with Crippen LogP contribution < -0.4 is 5.32 Å². The average Bonchev–Trinajstić information content (AvgIpc) is 3.02. The van der Waals surface area contributed by atoms with Crippen LogP contribution in [0.2, 0.25) is 0 Å². The highest BCUT2D eigenvalue weighted by Gasteiger charge is 2.41. The van der Waals surface area contributed by atoms with Gasteiger partial charge in [0.05, 0.1) is 17.4 Å². The lowest BCUT2D eigenvalue weighted by Crippen LogP contribution is -2.26. The first kappa shape index (κ1) is 13.4. The van der Waals surface area contributed by atoms with Gasteiger partial charge in [-0.2, -0.15) is 5.10 Å². The maximum atomic E-state index is 4.53. The van der Waals surface area contributed by atoms with Crippen LogP contribution in [0, 0.1) is 11.8 Å². The molecule has 1 aromatic carbocycles. The van der Waals surface area contributed by atoms with E-state index in [0.717, 1.165) is 30.5 Å². The van der Waals surface area contributed by atoms with Crippen LogP contribution in [0.4, 0.5) is 0 Å². The molecule has 20 heavy (non-hydrogen) atoms. The van der Waals surface area contributed by atoms with Crippen molar-refractivity contribution in [3.8, 4) is 5.69 Å². The summed E-state index contributed by atoms with van der Waals surface area (Å²) in [5.74, 6) is 1.57. The van der Waals surface area contributed by atoms with Crippen molar-refractivity contribution < 1.29 is 0 Å². The van der Waals surface area contributed by atoms with E-state index in [0.29, 0.717) is 6.04 Å². The lowest BCUT2D eigenvalue weighted by Gasteiger charge is -2.20. The number of hydrogen-bond donors (Lipinski definition) is 1. The Morgan fingerprint density at radius 3 is 2.70 bits per heavy atom. The van der Waals surface area contributed by atoms with Crippen molar-refractivity contribution in [2.75, 3.05) is 6.54 Å². The van der Waals surface area contributed by atoms with Gasteiger partial charge in [-0.15, -0.1) is 0 Å². The van der Waals surface area contributed by atoms with Crippen LogP contribution in [0.25, 0.3) is 5.69 Å². The molecule has 0 bridgehead atoms. The van der Waals surface area contributed by atoms with Gasteiger partial charge in [-0.05, 0) is 49.4 Å². The number of hydrogen-bond acceptors (Lipinski definition) is 2. The van der Waals surface area contributed by atoms with E-state index in [1.54, 1.807) is 0 Å². The first-order valence-electron chi connectivity index (χ1n) is 7.64. The average molecular weight is 269 g/mol. The Bertz CT molecular complexity index is 546. The lowest BCUT2D eigenvalue weighted by molar-refractivity contribution is 0.443. The highest BCUT2D eigenvalue weighted by Crippen LogP contribution is 2.47. The molecule has 3 unspecified atom stereocenters. The van der Waals surface area contributed by atoms with E-state index < -0.39 is 0 Å². The molecule has 0 radical (unpaired) electrons. The first-order valence-corrected chi connectivity index (χ1v) is 7.64. The molecule has 1 aliphatic rings. The summed E-state index contributed by atoms with van der Waals surface area (Å²) in [6.45, 7) is 5.62. The van der Waals surface area contributed by atoms with E-state index in [1.165, 1.54) is 12.1 Å². The SMILES string of the molecule is CCCNC(c1ccnn1-c1ccccc1)C1CC1C. The molecule has 3 atom stereocenters. The summed E-state index contributed by atoms with van der Waals surface area (Å²) >= 11 is 0. The zero-order valence-corrected chi connectivity index (χ0v) is 12.3. The fourth-order valence-electron chi connectivity index (χ4n) is 2.92. The molecule has 0 aliphatic heterocycles. The Morgan fingerprint density at radius 2 is 2.05 bits per heavy atom. The van der Waals surface area contributed by atoms with Gasteiger partial charge in [0.25, 0.3) is 0 Å². The molecular formula is C17H23N3. The van der Waals surface area contributed by atoms with Crippen LogP contribution in [0.1, 0.15) is 38.4 Å². The Labute approximate surface area is 121 Å². The predicted octanol–water partition coefficient (Wildman–Crippen LogP) is 3.57. The van der Waals surface area contributed by atoms with Crippen molar-refractivity contribution >= 4 is 0 Å². The first-order chi connectivity index (χ1) is 9.81. The molecule has 1 saturated carbocycles. The zero-order chi connectivity index (χ0) is 13.9. The summed E-state index contributed by atoms with van der Waals surface area (Å²) in [5.41, 5.74) is 2.43. The Hall–Kier alpha value is -1.61. The highest BCUT2D eigenvalue weighted by molar-refractivity contribution is 5.33. The van der Waals surface area contributed by atoms with E-state index in [-0.39, 0.29) is 0 Å². The Morgan fingerprint density at radius 1 is 1.30 bits per heavy atom. The van der Waals surface area contributed by atoms with Gasteiger partial charge in [0, 0.05) is 6.20 Å². The molecule has 3 heteroatoms. The molecule has 106 valence electrons. The van der Waals surface area contributed by atoms with E-state index in [2.05, 4.69) is 59.3 Å². The number of aromatic nitrogens is 2. The number of para-hydroxylation sites is 1. The number of nitrogens with zero attached hydrogens (tertiary/aromatic N) is 2. The molecule has 1 aromatic heterocycles. The van der Waals surface area contributed by atoms with Crippen LogP contribution >= 0.6 is 0 Å². The second-order valence-corrected chi connectivity index (χ2v) is 5.81. The molecular weight excluding hydrogens is 246 g/mol. The maximum absolute atomic E-state index is 4.53. The van der Waals surface area contributed by atoms with Crippen molar-refractivity contribution in [3.05, 3.63) is 48.3 Å². The monoisotopic (exact) mass is 269 g/mol. The molecule has 1 fully saturated rings. The largest absolute Gasteiger partial charge is 0.308 e. The molecule has 0 saturated heterocycles. The third-order valence-corrected chi connectivity index (χ3v) is 4.21. The fraction of sp³-hybridized carbons (Fsp3) is 0.471. The Balaban J connectivity index is 1.90. The van der Waals surface area contributed by atoms with Gasteiger partial charge < -0.3 is 5.32 Å². The fourth-order valence-corrected chi connectivity index (χ4v) is 2.92. The molecule has 3 nitrogen and oxygen atoms in total. The van der Waals surface area contributed by atoms with Gasteiger partial charge in [-0.1, -0.05) is 32.0 Å². The van der Waals surface area contributed by atoms with E-state index >= 15 is 0 Å². The van der Waals surface area contributed by atoms with Crippen LogP contribution in [-0.2, 0) is 0 Å². The third-order valence-electron chi connectivity index (χ3n) is 4.21. The van der Waals surface area contributed by atoms with Crippen LogP contribution in [0.15, 0.2) is 42.6 Å². The molecule has 0 spiro atoms. The van der Waals surface area contributed by atoms with Crippen LogP contribution in [0.3, 0.4) is 0 Å². The summed E-state index contributed by atoms with van der Waals surface area (Å²) in [5, 5.41) is 8.24. The van der Waals surface area contributed by atoms with Gasteiger partial charge >= 0.3 is 0 Å². The normalized spacial score (nSPS) is 22.7. The molecule has 2 aromatic rings. The molecule has 1 heterocycles. The zero-order valence-electron chi connectivity index (χ0n) is 12.3. The lowest BCUT2D eigenvalue weighted by atomic mass is 10.1. The second kappa shape index (κ2) is 5.80. The molecule has 3 rings (SSSR count). The number of benzene rings is 1. The minimum absolute atomic E-state index is 0.424. The minimum Gasteiger partial charge on any atom is -0.308 e. The van der Waals surface area contributed by atoms with E-state index in [4.69, 9.17) is 0 Å². The molecule has 0 amide bonds. The van der Waals surface area contributed by atoms with Crippen LogP contribution in [-0.4, -0.2) is 16.3 Å². The smallest absolute Gasteiger partial charge is 0.0649 e. The van der Waals surface area contributed by atoms with E-state index in [9.17, 15) is 0 Å². The van der Waals surface area contributed by atoms with Crippen molar-refractivity contribution in [3.63, 3.8) is 0 Å². The summed E-state index contributed by atoms with van der Waals surface area (Å²) in [6.07, 6.45) is 4.40. The van der Waals surface area contributed by atoms with Crippen molar-refractivity contribution in [2.45, 2.75) is 32.7 Å². The predicted molar refractivity (Wildman–Crippen MR) is 81.9 cm³/mol. The maximum Gasteiger partial charge on any atom is 0.0649 e. The number of rotatable bonds is 6. The third kappa shape index (κ3) is 2.63. The number of nitrogens with one attached hydrogen (secondary N) is 1. The van der Waals surface area contributed by atoms with Gasteiger partial charge in [0.2, 0.25) is 0 Å². The van der Waals surface area contributed by atoms with Gasteiger partial charge in [0.1, 0.15) is 0 Å². The van der Waals surface area contributed by atoms with Gasteiger partial charge in [0.15, 0.2) is 0 Å². The summed E-state index contributed by atoms with van der Waals surface area (Å²) < 4.78 is 2.08. The second-order valence-electron chi connectivity index (χ2n) is 5.81. The van der Waals surface area contributed by atoms with Crippen molar-refractivity contribution in [2.24, 2.45) is 11.8 Å². The summed E-state index contributed by atoms with van der Waals surface area (Å²) in [4.78, 5) is 0. The summed E-state index contributed by atoms with van der Waals surface area (Å²) in [6, 6.07) is 13.0. The quantitative estimate of drug-likeness (QED) is 0.869. The molecule has 1 aliphatic carbocycles. The van der Waals surface area contributed by atoms with Crippen molar-refractivity contribution in [1.29, 1.82) is 0 Å². The highest BCUT2D eigenvalue weighted by atomic mass is 15.3. The minimum atomic E-state index is 0.424. The van der Waals surface area contributed by atoms with Gasteiger partial charge in [-0.25, -0.2) is 4.68 Å². The van der Waals surface area contributed by atoms with Crippen LogP contribution in [0.5, 0.6) is 0 Å². The standard InChI is InChI=1S/C17H23N3/c1-3-10-18-17(15-12-13(15)2)16-9-11-19-20(16)14-7-5-4-6-8-14/h4-9,11,13,15,17-18H,3,10,12H2,1-2H3.